The molecule has 2 N–H and O–H groups in total. The Bertz CT molecular complexity index is 1560. The van der Waals surface area contributed by atoms with Gasteiger partial charge in [0.2, 0.25) is 14.3 Å². The number of halogens is 1. The molecular formula is C34H40FN3O6Si. The molecule has 0 aromatic heterocycles. The highest BCUT2D eigenvalue weighted by molar-refractivity contribution is 6.72. The van der Waals surface area contributed by atoms with Crippen molar-refractivity contribution in [1.82, 2.24) is 4.90 Å². The van der Waals surface area contributed by atoms with Crippen LogP contribution in [0.15, 0.2) is 72.8 Å². The van der Waals surface area contributed by atoms with Crippen LogP contribution < -0.4 is 15.0 Å². The fourth-order valence-electron chi connectivity index (χ4n) is 6.89. The highest BCUT2D eigenvalue weighted by Gasteiger charge is 2.66. The second-order valence-corrected chi connectivity index (χ2v) is 16.1. The van der Waals surface area contributed by atoms with Gasteiger partial charge < -0.3 is 33.8 Å². The van der Waals surface area contributed by atoms with Crippen LogP contribution in [0.2, 0.25) is 18.6 Å². The number of aliphatic hydroxyl groups is 1. The Kier molecular flexibility index (Phi) is 9.15. The van der Waals surface area contributed by atoms with Crippen molar-refractivity contribution in [1.29, 1.82) is 0 Å². The molecule has 2 aliphatic rings. The largest absolute Gasteiger partial charge is 0.497 e. The number of hydrogen-bond donors (Lipinski definition) is 2. The first-order valence-electron chi connectivity index (χ1n) is 15.1. The second kappa shape index (κ2) is 12.7. The van der Waals surface area contributed by atoms with Gasteiger partial charge in [-0.1, -0.05) is 37.3 Å². The average molecular weight is 634 g/mol. The molecule has 0 bridgehead atoms. The third-order valence-electron chi connectivity index (χ3n) is 9.02. The molecule has 2 aliphatic heterocycles. The first-order valence-corrected chi connectivity index (χ1v) is 18.0. The number of methoxy groups -OCH3 is 1. The molecule has 11 heteroatoms. The van der Waals surface area contributed by atoms with Gasteiger partial charge in [-0.3, -0.25) is 14.4 Å². The second-order valence-electron chi connectivity index (χ2n) is 12.3. The molecule has 3 aromatic rings. The van der Waals surface area contributed by atoms with Crippen molar-refractivity contribution >= 4 is 37.5 Å². The van der Waals surface area contributed by atoms with Crippen molar-refractivity contribution in [2.75, 3.05) is 37.5 Å². The maximum absolute atomic E-state index is 16.2. The number of fused-ring (bicyclic) bond motifs is 2. The van der Waals surface area contributed by atoms with Gasteiger partial charge >= 0.3 is 0 Å². The Hall–Kier alpha value is -4.06. The summed E-state index contributed by atoms with van der Waals surface area (Å²) in [5.74, 6) is -0.929. The summed E-state index contributed by atoms with van der Waals surface area (Å²) in [4.78, 5) is 43.9. The molecule has 0 saturated carbocycles. The minimum absolute atomic E-state index is 0.115. The van der Waals surface area contributed by atoms with Crippen molar-refractivity contribution in [2.24, 2.45) is 5.92 Å². The van der Waals surface area contributed by atoms with E-state index in [1.165, 1.54) is 4.90 Å². The molecule has 0 unspecified atom stereocenters. The fraction of sp³-hybridized carbons (Fsp3) is 0.382. The van der Waals surface area contributed by atoms with Crippen LogP contribution in [0, 0.1) is 5.92 Å². The summed E-state index contributed by atoms with van der Waals surface area (Å²) >= 11 is 0. The zero-order valence-corrected chi connectivity index (χ0v) is 27.2. The number of amides is 3. The first-order chi connectivity index (χ1) is 21.4. The summed E-state index contributed by atoms with van der Waals surface area (Å²) in [6, 6.07) is 21.3. The van der Waals surface area contributed by atoms with Gasteiger partial charge in [0.05, 0.1) is 31.9 Å². The molecule has 0 radical (unpaired) electrons. The molecule has 5 rings (SSSR count). The number of benzene rings is 3. The van der Waals surface area contributed by atoms with Crippen molar-refractivity contribution in [3.05, 3.63) is 89.5 Å². The average Bonchev–Trinajstić information content (AvgIpc) is 3.43. The normalized spacial score (nSPS) is 22.4. The van der Waals surface area contributed by atoms with E-state index in [-0.39, 0.29) is 43.8 Å². The Morgan fingerprint density at radius 1 is 1.11 bits per heavy atom. The topological polar surface area (TPSA) is 108 Å². The number of carbonyl (C=O) groups is 3. The lowest BCUT2D eigenvalue weighted by molar-refractivity contribution is -0.149. The van der Waals surface area contributed by atoms with Crippen molar-refractivity contribution in [3.8, 4) is 5.75 Å². The smallest absolute Gasteiger partial charge is 0.264 e. The van der Waals surface area contributed by atoms with E-state index in [0.29, 0.717) is 28.3 Å². The molecule has 3 aromatic carbocycles. The lowest BCUT2D eigenvalue weighted by Crippen LogP contribution is -2.44. The van der Waals surface area contributed by atoms with Gasteiger partial charge in [0.1, 0.15) is 5.75 Å². The number of rotatable bonds is 10. The van der Waals surface area contributed by atoms with Gasteiger partial charge in [-0.05, 0) is 61.1 Å². The Morgan fingerprint density at radius 3 is 2.42 bits per heavy atom. The molecule has 1 saturated heterocycles. The number of nitrogens with zero attached hydrogens (tertiary/aromatic N) is 2. The molecular weight excluding hydrogens is 593 g/mol. The van der Waals surface area contributed by atoms with E-state index in [2.05, 4.69) is 5.32 Å². The van der Waals surface area contributed by atoms with Crippen molar-refractivity contribution in [3.63, 3.8) is 0 Å². The number of hydrogen-bond acceptors (Lipinski definition) is 6. The predicted molar refractivity (Wildman–Crippen MR) is 172 cm³/mol. The molecule has 238 valence electrons. The Morgan fingerprint density at radius 2 is 1.80 bits per heavy atom. The van der Waals surface area contributed by atoms with E-state index < -0.39 is 31.6 Å². The van der Waals surface area contributed by atoms with Crippen LogP contribution in [0.25, 0.3) is 0 Å². The number of ether oxygens (including phenoxy) is 2. The Labute approximate surface area is 264 Å². The summed E-state index contributed by atoms with van der Waals surface area (Å²) in [5.41, 5.74) is 0.718. The minimum Gasteiger partial charge on any atom is -0.497 e. The van der Waals surface area contributed by atoms with E-state index in [0.717, 1.165) is 5.56 Å². The highest BCUT2D eigenvalue weighted by Crippen LogP contribution is 2.60. The molecule has 2 heterocycles. The number of aliphatic hydroxyl groups excluding tert-OH is 1. The van der Waals surface area contributed by atoms with E-state index in [1.54, 1.807) is 74.6 Å². The third-order valence-corrected chi connectivity index (χ3v) is 11.5. The number of nitrogens with one attached hydrogen (secondary N) is 1. The highest BCUT2D eigenvalue weighted by atomic mass is 28.4. The number of carbonyl (C=O) groups excluding carboxylic acids is 3. The van der Waals surface area contributed by atoms with Crippen LogP contribution in [0.4, 0.5) is 15.5 Å². The SMILES string of the molecule is COc1ccc(C(=O)Nc2ccc3c(c2)[C@]2(O[C@@H](CC(=O)N(CCO)Cc4ccccc4)[C@H]([Si](C)(C)F)[C@H]2C)C(=O)N3C)cc1. The standard InChI is InChI=1S/C34H40FN3O6Si/c1-22-31(45(4,5)35)29(20-30(40)38(17-18-39)21-23-9-7-6-8-10-23)44-34(22)27-19-25(13-16-28(27)37(2)33(34)42)36-32(41)24-11-14-26(43-3)15-12-24/h6-16,19,22,29,31,39H,17-18,20-21H2,1-5H3,(H,36,41)/t22-,29+,31-,34+/m1/s1. The summed E-state index contributed by atoms with van der Waals surface area (Å²) in [6.45, 7) is 5.17. The molecule has 0 aliphatic carbocycles. The molecule has 1 fully saturated rings. The van der Waals surface area contributed by atoms with Gasteiger partial charge in [-0.2, -0.15) is 0 Å². The van der Waals surface area contributed by atoms with Crippen molar-refractivity contribution in [2.45, 2.75) is 50.2 Å². The molecule has 3 amide bonds. The third kappa shape index (κ3) is 6.12. The molecule has 1 spiro atoms. The van der Waals surface area contributed by atoms with Crippen molar-refractivity contribution < 1.29 is 33.1 Å². The van der Waals surface area contributed by atoms with Gasteiger partial charge in [0, 0.05) is 48.4 Å². The predicted octanol–water partition coefficient (Wildman–Crippen LogP) is 5.11. The number of likely N-dealkylation sites (N-methyl/N-ethyl adjacent to an activating group) is 1. The van der Waals surface area contributed by atoms with Crippen LogP contribution in [0.5, 0.6) is 5.75 Å². The summed E-state index contributed by atoms with van der Waals surface area (Å²) in [5, 5.41) is 12.6. The monoisotopic (exact) mass is 633 g/mol. The van der Waals surface area contributed by atoms with Crippen LogP contribution in [0.3, 0.4) is 0 Å². The molecule has 4 atom stereocenters. The van der Waals surface area contributed by atoms with Gasteiger partial charge in [0.15, 0.2) is 5.60 Å². The summed E-state index contributed by atoms with van der Waals surface area (Å²) in [6.07, 6.45) is -0.999. The molecule has 9 nitrogen and oxygen atoms in total. The van der Waals surface area contributed by atoms with E-state index in [4.69, 9.17) is 9.47 Å². The van der Waals surface area contributed by atoms with E-state index >= 15 is 4.11 Å². The minimum atomic E-state index is -3.50. The van der Waals surface area contributed by atoms with Crippen LogP contribution >= 0.6 is 0 Å². The van der Waals surface area contributed by atoms with E-state index in [1.807, 2.05) is 37.3 Å². The zero-order valence-electron chi connectivity index (χ0n) is 26.2. The summed E-state index contributed by atoms with van der Waals surface area (Å²) in [7, 11) is -0.301. The zero-order chi connectivity index (χ0) is 32.5. The lowest BCUT2D eigenvalue weighted by Gasteiger charge is -2.31. The fourth-order valence-corrected chi connectivity index (χ4v) is 9.39. The van der Waals surface area contributed by atoms with Gasteiger partial charge in [0.25, 0.3) is 11.8 Å². The van der Waals surface area contributed by atoms with Crippen LogP contribution in [-0.2, 0) is 26.5 Å². The maximum Gasteiger partial charge on any atom is 0.264 e. The van der Waals surface area contributed by atoms with E-state index in [9.17, 15) is 19.5 Å². The first kappa shape index (κ1) is 32.3. The molecule has 45 heavy (non-hydrogen) atoms. The van der Waals surface area contributed by atoms with Crippen LogP contribution in [0.1, 0.15) is 34.8 Å². The Balaban J connectivity index is 1.46. The van der Waals surface area contributed by atoms with Gasteiger partial charge in [-0.25, -0.2) is 0 Å². The van der Waals surface area contributed by atoms with Crippen LogP contribution in [-0.4, -0.2) is 69.5 Å². The van der Waals surface area contributed by atoms with Gasteiger partial charge in [-0.15, -0.1) is 0 Å². The summed E-state index contributed by atoms with van der Waals surface area (Å²) < 4.78 is 28.0. The maximum atomic E-state index is 16.2. The number of anilines is 2. The lowest BCUT2D eigenvalue weighted by atomic mass is 9.82. The quantitative estimate of drug-likeness (QED) is 0.237.